The molecule has 4 rings (SSSR count). The molecule has 7 nitrogen and oxygen atoms in total. The molecule has 4 aromatic rings. The van der Waals surface area contributed by atoms with E-state index in [0.717, 1.165) is 11.3 Å². The molecule has 1 atom stereocenters. The number of ether oxygens (including phenoxy) is 2. The van der Waals surface area contributed by atoms with Crippen molar-refractivity contribution in [3.8, 4) is 17.2 Å². The van der Waals surface area contributed by atoms with Gasteiger partial charge in [-0.05, 0) is 62.2 Å². The highest BCUT2D eigenvalue weighted by molar-refractivity contribution is 5.95. The Labute approximate surface area is 210 Å². The smallest absolute Gasteiger partial charge is 0.266 e. The minimum Gasteiger partial charge on any atom is -0.497 e. The number of aromatic nitrogens is 2. The molecular weight excluding hydrogens is 454 g/mol. The van der Waals surface area contributed by atoms with Gasteiger partial charge >= 0.3 is 0 Å². The molecule has 0 aliphatic heterocycles. The molecular formula is C29H31N3O4. The van der Waals surface area contributed by atoms with Gasteiger partial charge in [0.25, 0.3) is 11.5 Å². The van der Waals surface area contributed by atoms with E-state index < -0.39 is 6.04 Å². The first kappa shape index (κ1) is 25.0. The van der Waals surface area contributed by atoms with Gasteiger partial charge in [-0.25, -0.2) is 4.98 Å². The summed E-state index contributed by atoms with van der Waals surface area (Å²) in [5.41, 5.74) is 2.63. The molecule has 186 valence electrons. The van der Waals surface area contributed by atoms with E-state index in [1.807, 2.05) is 63.2 Å². The zero-order valence-corrected chi connectivity index (χ0v) is 21.3. The van der Waals surface area contributed by atoms with Crippen LogP contribution in [0.25, 0.3) is 16.6 Å². The molecule has 0 bridgehead atoms. The van der Waals surface area contributed by atoms with Crippen molar-refractivity contribution in [3.05, 3.63) is 94.0 Å². The van der Waals surface area contributed by atoms with Crippen LogP contribution in [-0.2, 0) is 0 Å². The molecule has 0 aliphatic rings. The quantitative estimate of drug-likeness (QED) is 0.338. The second-order valence-electron chi connectivity index (χ2n) is 8.58. The van der Waals surface area contributed by atoms with Crippen molar-refractivity contribution in [2.24, 2.45) is 0 Å². The lowest BCUT2D eigenvalue weighted by Crippen LogP contribution is -2.38. The molecule has 0 saturated heterocycles. The Bertz CT molecular complexity index is 1440. The van der Waals surface area contributed by atoms with Gasteiger partial charge in [0.1, 0.15) is 17.3 Å². The molecule has 7 heteroatoms. The van der Waals surface area contributed by atoms with E-state index in [1.165, 1.54) is 0 Å². The molecule has 1 amide bonds. The maximum absolute atomic E-state index is 13.8. The van der Waals surface area contributed by atoms with Crippen molar-refractivity contribution in [2.45, 2.75) is 33.2 Å². The SMILES string of the molecule is CCC(c1nc2ccccc2c(=O)n1-c1cccc(C)c1)N(CC)C(=O)c1cc(OC)cc(OC)c1. The van der Waals surface area contributed by atoms with E-state index >= 15 is 0 Å². The summed E-state index contributed by atoms with van der Waals surface area (Å²) in [6, 6.07) is 19.7. The van der Waals surface area contributed by atoms with Gasteiger partial charge in [0.05, 0.1) is 36.9 Å². The molecule has 0 aliphatic carbocycles. The van der Waals surface area contributed by atoms with Crippen LogP contribution in [-0.4, -0.2) is 41.1 Å². The molecule has 36 heavy (non-hydrogen) atoms. The molecule has 0 fully saturated rings. The number of para-hydroxylation sites is 1. The Morgan fingerprint density at radius 2 is 1.67 bits per heavy atom. The lowest BCUT2D eigenvalue weighted by atomic mass is 10.1. The standard InChI is InChI=1S/C29H31N3O4/c1-6-26(31(7-2)28(33)20-16-22(35-4)18-23(17-20)36-5)27-30-25-14-9-8-13-24(25)29(34)32(27)21-12-10-11-19(3)15-21/h8-18,26H,6-7H2,1-5H3. The Kier molecular flexibility index (Phi) is 7.38. The van der Waals surface area contributed by atoms with Crippen molar-refractivity contribution < 1.29 is 14.3 Å². The van der Waals surface area contributed by atoms with Crippen LogP contribution in [0, 0.1) is 6.92 Å². The first-order chi connectivity index (χ1) is 17.4. The van der Waals surface area contributed by atoms with Crippen molar-refractivity contribution >= 4 is 16.8 Å². The summed E-state index contributed by atoms with van der Waals surface area (Å²) < 4.78 is 12.4. The summed E-state index contributed by atoms with van der Waals surface area (Å²) in [5, 5.41) is 0.532. The van der Waals surface area contributed by atoms with Crippen LogP contribution in [0.15, 0.2) is 71.5 Å². The number of fused-ring (bicyclic) bond motifs is 1. The van der Waals surface area contributed by atoms with Gasteiger partial charge in [-0.2, -0.15) is 0 Å². The van der Waals surface area contributed by atoms with E-state index in [2.05, 4.69) is 0 Å². The number of benzene rings is 3. The largest absolute Gasteiger partial charge is 0.497 e. The van der Waals surface area contributed by atoms with Crippen molar-refractivity contribution in [1.29, 1.82) is 0 Å². The van der Waals surface area contributed by atoms with E-state index in [0.29, 0.717) is 46.8 Å². The van der Waals surface area contributed by atoms with Crippen LogP contribution in [0.4, 0.5) is 0 Å². The number of amides is 1. The summed E-state index contributed by atoms with van der Waals surface area (Å²) >= 11 is 0. The zero-order valence-electron chi connectivity index (χ0n) is 21.3. The van der Waals surface area contributed by atoms with Crippen LogP contribution in [0.3, 0.4) is 0 Å². The molecule has 1 unspecified atom stereocenters. The van der Waals surface area contributed by atoms with Gasteiger partial charge in [-0.1, -0.05) is 31.2 Å². The van der Waals surface area contributed by atoms with Gasteiger partial charge in [0.15, 0.2) is 0 Å². The Balaban J connectivity index is 1.92. The molecule has 1 aromatic heterocycles. The average Bonchev–Trinajstić information content (AvgIpc) is 2.90. The van der Waals surface area contributed by atoms with Crippen LogP contribution in [0.1, 0.15) is 48.1 Å². The van der Waals surface area contributed by atoms with Gasteiger partial charge in [-0.15, -0.1) is 0 Å². The number of methoxy groups -OCH3 is 2. The number of rotatable bonds is 8. The fourth-order valence-corrected chi connectivity index (χ4v) is 4.53. The highest BCUT2D eigenvalue weighted by atomic mass is 16.5. The molecule has 0 spiro atoms. The Morgan fingerprint density at radius 3 is 2.28 bits per heavy atom. The lowest BCUT2D eigenvalue weighted by Gasteiger charge is -2.31. The monoisotopic (exact) mass is 485 g/mol. The van der Waals surface area contributed by atoms with Gasteiger partial charge < -0.3 is 14.4 Å². The lowest BCUT2D eigenvalue weighted by molar-refractivity contribution is 0.0671. The van der Waals surface area contributed by atoms with Crippen LogP contribution in [0.2, 0.25) is 0 Å². The third-order valence-electron chi connectivity index (χ3n) is 6.32. The number of carbonyl (C=O) groups excluding carboxylic acids is 1. The third-order valence-corrected chi connectivity index (χ3v) is 6.32. The number of carbonyl (C=O) groups is 1. The Morgan fingerprint density at radius 1 is 0.972 bits per heavy atom. The maximum atomic E-state index is 13.8. The molecule has 1 heterocycles. The number of hydrogen-bond donors (Lipinski definition) is 0. The average molecular weight is 486 g/mol. The normalized spacial score (nSPS) is 11.8. The van der Waals surface area contributed by atoms with E-state index in [-0.39, 0.29) is 11.5 Å². The van der Waals surface area contributed by atoms with E-state index in [1.54, 1.807) is 48.0 Å². The second-order valence-corrected chi connectivity index (χ2v) is 8.58. The summed E-state index contributed by atoms with van der Waals surface area (Å²) in [7, 11) is 3.10. The fraction of sp³-hybridized carbons (Fsp3) is 0.276. The zero-order chi connectivity index (χ0) is 25.8. The minimum absolute atomic E-state index is 0.161. The van der Waals surface area contributed by atoms with Gasteiger partial charge in [-0.3, -0.25) is 14.2 Å². The summed E-state index contributed by atoms with van der Waals surface area (Å²) in [6.07, 6.45) is 0.567. The molecule has 3 aromatic carbocycles. The summed E-state index contributed by atoms with van der Waals surface area (Å²) in [5.74, 6) is 1.39. The molecule has 0 N–H and O–H groups in total. The predicted molar refractivity (Wildman–Crippen MR) is 141 cm³/mol. The number of aryl methyl sites for hydroxylation is 1. The maximum Gasteiger partial charge on any atom is 0.266 e. The number of nitrogens with zero attached hydrogens (tertiary/aromatic N) is 3. The van der Waals surface area contributed by atoms with Crippen molar-refractivity contribution in [1.82, 2.24) is 14.5 Å². The van der Waals surface area contributed by atoms with E-state index in [4.69, 9.17) is 14.5 Å². The first-order valence-corrected chi connectivity index (χ1v) is 12.0. The van der Waals surface area contributed by atoms with Crippen molar-refractivity contribution in [2.75, 3.05) is 20.8 Å². The minimum atomic E-state index is -0.447. The predicted octanol–water partition coefficient (Wildman–Crippen LogP) is 5.32. The second kappa shape index (κ2) is 10.6. The first-order valence-electron chi connectivity index (χ1n) is 12.0. The molecule has 0 saturated carbocycles. The van der Waals surface area contributed by atoms with Crippen LogP contribution in [0.5, 0.6) is 11.5 Å². The van der Waals surface area contributed by atoms with Crippen LogP contribution >= 0.6 is 0 Å². The van der Waals surface area contributed by atoms with Crippen LogP contribution < -0.4 is 15.0 Å². The highest BCUT2D eigenvalue weighted by Crippen LogP contribution is 2.30. The van der Waals surface area contributed by atoms with Gasteiger partial charge in [0.2, 0.25) is 0 Å². The van der Waals surface area contributed by atoms with E-state index in [9.17, 15) is 9.59 Å². The summed E-state index contributed by atoms with van der Waals surface area (Å²) in [4.78, 5) is 34.3. The molecule has 0 radical (unpaired) electrons. The van der Waals surface area contributed by atoms with Gasteiger partial charge in [0, 0.05) is 18.2 Å². The summed E-state index contributed by atoms with van der Waals surface area (Å²) in [6.45, 7) is 6.33. The third kappa shape index (κ3) is 4.69. The van der Waals surface area contributed by atoms with Crippen molar-refractivity contribution in [3.63, 3.8) is 0 Å². The topological polar surface area (TPSA) is 73.7 Å². The highest BCUT2D eigenvalue weighted by Gasteiger charge is 2.29. The fourth-order valence-electron chi connectivity index (χ4n) is 4.53. The number of hydrogen-bond acceptors (Lipinski definition) is 5. The Hall–Kier alpha value is -4.13.